The fraction of sp³-hybridized carbons (Fsp3) is 0.182. The van der Waals surface area contributed by atoms with Crippen LogP contribution in [0.15, 0.2) is 23.7 Å². The van der Waals surface area contributed by atoms with Gasteiger partial charge in [0.1, 0.15) is 0 Å². The van der Waals surface area contributed by atoms with Crippen LogP contribution in [0.5, 0.6) is 0 Å². The number of nitrogens with zero attached hydrogens (tertiary/aromatic N) is 2. The van der Waals surface area contributed by atoms with Gasteiger partial charge in [-0.2, -0.15) is 13.2 Å². The number of carbonyl (C=O) groups is 1. The van der Waals surface area contributed by atoms with Crippen molar-refractivity contribution in [2.45, 2.75) is 12.6 Å². The number of pyridine rings is 1. The Hall–Kier alpha value is -1.96. The molecule has 0 spiro atoms. The summed E-state index contributed by atoms with van der Waals surface area (Å²) in [6.45, 7) is 0. The zero-order valence-electron chi connectivity index (χ0n) is 9.44. The number of primary amides is 1. The molecule has 0 saturated heterocycles. The molecule has 0 radical (unpaired) electrons. The fourth-order valence-electron chi connectivity index (χ4n) is 1.43. The van der Waals surface area contributed by atoms with Crippen molar-refractivity contribution in [3.05, 3.63) is 45.7 Å². The molecular formula is C11H8F3N3OS. The summed E-state index contributed by atoms with van der Waals surface area (Å²) in [5, 5.41) is 0.426. The van der Waals surface area contributed by atoms with E-state index in [1.807, 2.05) is 0 Å². The third-order valence-corrected chi connectivity index (χ3v) is 3.19. The molecule has 2 heterocycles. The molecule has 19 heavy (non-hydrogen) atoms. The van der Waals surface area contributed by atoms with Gasteiger partial charge in [-0.3, -0.25) is 9.78 Å². The monoisotopic (exact) mass is 287 g/mol. The van der Waals surface area contributed by atoms with Gasteiger partial charge in [0.25, 0.3) is 0 Å². The molecule has 0 saturated carbocycles. The second-order valence-electron chi connectivity index (χ2n) is 3.72. The van der Waals surface area contributed by atoms with Crippen LogP contribution >= 0.6 is 11.3 Å². The standard InChI is InChI=1S/C11H8F3N3OS/c12-11(13,14)10-17-8(5-19-10)4-7-3-6(9(15)18)1-2-16-7/h1-3,5H,4H2,(H2,15,18). The van der Waals surface area contributed by atoms with E-state index in [2.05, 4.69) is 9.97 Å². The molecule has 2 N–H and O–H groups in total. The molecule has 100 valence electrons. The highest BCUT2D eigenvalue weighted by atomic mass is 32.1. The summed E-state index contributed by atoms with van der Waals surface area (Å²) in [5.74, 6) is -0.613. The molecule has 0 aromatic carbocycles. The highest BCUT2D eigenvalue weighted by molar-refractivity contribution is 7.09. The van der Waals surface area contributed by atoms with Crippen LogP contribution in [0.3, 0.4) is 0 Å². The lowest BCUT2D eigenvalue weighted by atomic mass is 10.1. The van der Waals surface area contributed by atoms with Crippen molar-refractivity contribution in [1.29, 1.82) is 0 Å². The lowest BCUT2D eigenvalue weighted by molar-refractivity contribution is -0.137. The summed E-state index contributed by atoms with van der Waals surface area (Å²) in [7, 11) is 0. The van der Waals surface area contributed by atoms with Gasteiger partial charge in [-0.05, 0) is 12.1 Å². The summed E-state index contributed by atoms with van der Waals surface area (Å²) in [6.07, 6.45) is -2.94. The number of aromatic nitrogens is 2. The number of thiazole rings is 1. The van der Waals surface area contributed by atoms with Gasteiger partial charge in [0.2, 0.25) is 5.91 Å². The van der Waals surface area contributed by atoms with Crippen molar-refractivity contribution in [2.75, 3.05) is 0 Å². The average molecular weight is 287 g/mol. The molecule has 8 heteroatoms. The van der Waals surface area contributed by atoms with E-state index in [0.29, 0.717) is 17.0 Å². The van der Waals surface area contributed by atoms with E-state index < -0.39 is 17.1 Å². The first-order chi connectivity index (χ1) is 8.86. The number of halogens is 3. The van der Waals surface area contributed by atoms with Gasteiger partial charge in [0.05, 0.1) is 5.69 Å². The van der Waals surface area contributed by atoms with E-state index in [0.717, 1.165) is 0 Å². The maximum Gasteiger partial charge on any atom is 0.443 e. The van der Waals surface area contributed by atoms with Gasteiger partial charge in [-0.15, -0.1) is 11.3 Å². The second kappa shape index (κ2) is 4.96. The van der Waals surface area contributed by atoms with Crippen LogP contribution in [-0.4, -0.2) is 15.9 Å². The zero-order chi connectivity index (χ0) is 14.0. The van der Waals surface area contributed by atoms with Crippen molar-refractivity contribution in [3.8, 4) is 0 Å². The summed E-state index contributed by atoms with van der Waals surface area (Å²) in [4.78, 5) is 18.4. The number of hydrogen-bond acceptors (Lipinski definition) is 4. The summed E-state index contributed by atoms with van der Waals surface area (Å²) >= 11 is 0.531. The number of carbonyl (C=O) groups excluding carboxylic acids is 1. The van der Waals surface area contributed by atoms with Gasteiger partial charge in [0, 0.05) is 29.3 Å². The van der Waals surface area contributed by atoms with Crippen molar-refractivity contribution in [2.24, 2.45) is 5.73 Å². The molecule has 0 aliphatic carbocycles. The van der Waals surface area contributed by atoms with E-state index in [-0.39, 0.29) is 17.7 Å². The Balaban J connectivity index is 2.19. The van der Waals surface area contributed by atoms with Crippen molar-refractivity contribution in [3.63, 3.8) is 0 Å². The maximum atomic E-state index is 12.4. The van der Waals surface area contributed by atoms with E-state index in [4.69, 9.17) is 5.73 Å². The molecular weight excluding hydrogens is 279 g/mol. The number of alkyl halides is 3. The first kappa shape index (κ1) is 13.5. The van der Waals surface area contributed by atoms with Crippen molar-refractivity contribution in [1.82, 2.24) is 9.97 Å². The maximum absolute atomic E-state index is 12.4. The molecule has 4 nitrogen and oxygen atoms in total. The topological polar surface area (TPSA) is 68.9 Å². The van der Waals surface area contributed by atoms with Crippen LogP contribution in [0.1, 0.15) is 26.8 Å². The van der Waals surface area contributed by atoms with Crippen molar-refractivity contribution >= 4 is 17.2 Å². The van der Waals surface area contributed by atoms with Crippen LogP contribution in [0.2, 0.25) is 0 Å². The summed E-state index contributed by atoms with van der Waals surface area (Å²) in [6, 6.07) is 2.88. The molecule has 0 aliphatic heterocycles. The molecule has 0 atom stereocenters. The number of rotatable bonds is 3. The Bertz CT molecular complexity index is 609. The minimum absolute atomic E-state index is 0.119. The molecule has 1 amide bonds. The zero-order valence-corrected chi connectivity index (χ0v) is 10.3. The highest BCUT2D eigenvalue weighted by Gasteiger charge is 2.34. The average Bonchev–Trinajstić information content (AvgIpc) is 2.77. The lowest BCUT2D eigenvalue weighted by Crippen LogP contribution is -2.11. The Morgan fingerprint density at radius 3 is 2.68 bits per heavy atom. The molecule has 2 aromatic heterocycles. The fourth-order valence-corrected chi connectivity index (χ4v) is 2.12. The smallest absolute Gasteiger partial charge is 0.366 e. The van der Waals surface area contributed by atoms with Crippen LogP contribution in [-0.2, 0) is 12.6 Å². The van der Waals surface area contributed by atoms with Gasteiger partial charge in [-0.1, -0.05) is 0 Å². The van der Waals surface area contributed by atoms with Gasteiger partial charge in [-0.25, -0.2) is 4.98 Å². The Kier molecular flexibility index (Phi) is 3.52. The molecule has 2 aromatic rings. The minimum Gasteiger partial charge on any atom is -0.366 e. The lowest BCUT2D eigenvalue weighted by Gasteiger charge is -2.01. The van der Waals surface area contributed by atoms with Gasteiger partial charge >= 0.3 is 6.18 Å². The molecule has 0 aliphatic rings. The Morgan fingerprint density at radius 2 is 2.11 bits per heavy atom. The number of amides is 1. The summed E-state index contributed by atoms with van der Waals surface area (Å²) in [5.41, 5.74) is 6.06. The highest BCUT2D eigenvalue weighted by Crippen LogP contribution is 2.31. The van der Waals surface area contributed by atoms with Crippen LogP contribution in [0.4, 0.5) is 13.2 Å². The third kappa shape index (κ3) is 3.28. The third-order valence-electron chi connectivity index (χ3n) is 2.26. The van der Waals surface area contributed by atoms with Gasteiger partial charge < -0.3 is 5.73 Å². The largest absolute Gasteiger partial charge is 0.443 e. The van der Waals surface area contributed by atoms with E-state index in [1.54, 1.807) is 0 Å². The molecule has 0 bridgehead atoms. The second-order valence-corrected chi connectivity index (χ2v) is 4.58. The predicted molar refractivity (Wildman–Crippen MR) is 62.7 cm³/mol. The van der Waals surface area contributed by atoms with Crippen molar-refractivity contribution < 1.29 is 18.0 Å². The van der Waals surface area contributed by atoms with Crippen LogP contribution in [0, 0.1) is 0 Å². The summed E-state index contributed by atoms with van der Waals surface area (Å²) < 4.78 is 37.1. The van der Waals surface area contributed by atoms with Gasteiger partial charge in [0.15, 0.2) is 5.01 Å². The van der Waals surface area contributed by atoms with Crippen LogP contribution in [0.25, 0.3) is 0 Å². The molecule has 2 rings (SSSR count). The predicted octanol–water partition coefficient (Wildman–Crippen LogP) is 2.25. The molecule has 0 fully saturated rings. The number of nitrogens with two attached hydrogens (primary N) is 1. The first-order valence-electron chi connectivity index (χ1n) is 5.12. The number of hydrogen-bond donors (Lipinski definition) is 1. The first-order valence-corrected chi connectivity index (χ1v) is 6.00. The molecule has 0 unspecified atom stereocenters. The minimum atomic E-state index is -4.44. The Morgan fingerprint density at radius 1 is 1.37 bits per heavy atom. The van der Waals surface area contributed by atoms with E-state index in [1.165, 1.54) is 23.7 Å². The van der Waals surface area contributed by atoms with Crippen LogP contribution < -0.4 is 5.73 Å². The normalized spacial score (nSPS) is 11.5. The Labute approximate surface area is 110 Å². The SMILES string of the molecule is NC(=O)c1ccnc(Cc2csc(C(F)(F)F)n2)c1. The van der Waals surface area contributed by atoms with E-state index >= 15 is 0 Å². The quantitative estimate of drug-likeness (QED) is 0.941. The van der Waals surface area contributed by atoms with E-state index in [9.17, 15) is 18.0 Å².